The van der Waals surface area contributed by atoms with Gasteiger partial charge in [0.1, 0.15) is 0 Å². The third-order valence-corrected chi connectivity index (χ3v) is 4.09. The van der Waals surface area contributed by atoms with Gasteiger partial charge in [-0.2, -0.15) is 0 Å². The third kappa shape index (κ3) is 1.81. The van der Waals surface area contributed by atoms with Crippen LogP contribution < -0.4 is 5.73 Å². The maximum absolute atomic E-state index is 9.25. The first-order valence-electron chi connectivity index (χ1n) is 5.68. The molecule has 14 heavy (non-hydrogen) atoms. The zero-order chi connectivity index (χ0) is 10.0. The smallest absolute Gasteiger partial charge is 0.0499 e. The lowest BCUT2D eigenvalue weighted by Gasteiger charge is -2.50. The van der Waals surface area contributed by atoms with E-state index in [1.54, 1.807) is 0 Å². The van der Waals surface area contributed by atoms with Crippen LogP contribution >= 0.6 is 0 Å². The Balaban J connectivity index is 1.80. The van der Waals surface area contributed by atoms with Crippen LogP contribution in [0.5, 0.6) is 0 Å². The summed E-state index contributed by atoms with van der Waals surface area (Å²) < 4.78 is 5.35. The standard InChI is InChI=1S/C11H21NO2/c12-7-11(8-13)5-10(6-11)9-1-3-14-4-2-9/h9-10,13H,1-8,12H2. The average molecular weight is 199 g/mol. The fourth-order valence-electron chi connectivity index (χ4n) is 2.93. The van der Waals surface area contributed by atoms with Crippen LogP contribution in [0.15, 0.2) is 0 Å². The SMILES string of the molecule is NCC1(CO)CC(C2CCOCC2)C1. The Morgan fingerprint density at radius 1 is 1.21 bits per heavy atom. The van der Waals surface area contributed by atoms with Crippen LogP contribution in [0.4, 0.5) is 0 Å². The summed E-state index contributed by atoms with van der Waals surface area (Å²) in [7, 11) is 0. The Kier molecular flexibility index (Phi) is 3.10. The molecule has 2 rings (SSSR count). The maximum atomic E-state index is 9.25. The number of nitrogens with two attached hydrogens (primary N) is 1. The molecule has 0 amide bonds. The van der Waals surface area contributed by atoms with Gasteiger partial charge in [-0.1, -0.05) is 0 Å². The van der Waals surface area contributed by atoms with E-state index in [2.05, 4.69) is 0 Å². The molecule has 0 aromatic carbocycles. The summed E-state index contributed by atoms with van der Waals surface area (Å²) in [5.41, 5.74) is 5.76. The molecule has 0 unspecified atom stereocenters. The molecule has 3 heteroatoms. The monoisotopic (exact) mass is 199 g/mol. The van der Waals surface area contributed by atoms with Gasteiger partial charge in [0.2, 0.25) is 0 Å². The van der Waals surface area contributed by atoms with Crippen molar-refractivity contribution in [3.05, 3.63) is 0 Å². The first-order chi connectivity index (χ1) is 6.79. The van der Waals surface area contributed by atoms with Crippen LogP contribution in [-0.4, -0.2) is 31.5 Å². The van der Waals surface area contributed by atoms with Gasteiger partial charge in [0.15, 0.2) is 0 Å². The van der Waals surface area contributed by atoms with Crippen molar-refractivity contribution in [1.29, 1.82) is 0 Å². The van der Waals surface area contributed by atoms with E-state index < -0.39 is 0 Å². The molecule has 0 atom stereocenters. The number of aliphatic hydroxyl groups excluding tert-OH is 1. The van der Waals surface area contributed by atoms with Crippen LogP contribution in [0.1, 0.15) is 25.7 Å². The molecule has 1 heterocycles. The van der Waals surface area contributed by atoms with Crippen LogP contribution in [0.3, 0.4) is 0 Å². The number of hydrogen-bond donors (Lipinski definition) is 2. The first-order valence-corrected chi connectivity index (χ1v) is 5.68. The van der Waals surface area contributed by atoms with Crippen LogP contribution in [-0.2, 0) is 4.74 Å². The predicted molar refractivity (Wildman–Crippen MR) is 54.8 cm³/mol. The molecule has 0 radical (unpaired) electrons. The molecule has 2 aliphatic rings. The number of aliphatic hydroxyl groups is 1. The van der Waals surface area contributed by atoms with Gasteiger partial charge in [-0.25, -0.2) is 0 Å². The van der Waals surface area contributed by atoms with Crippen molar-refractivity contribution in [2.75, 3.05) is 26.4 Å². The number of ether oxygens (including phenoxy) is 1. The molecule has 1 saturated heterocycles. The summed E-state index contributed by atoms with van der Waals surface area (Å²) >= 11 is 0. The highest BCUT2D eigenvalue weighted by Gasteiger charge is 2.45. The molecule has 2 fully saturated rings. The van der Waals surface area contributed by atoms with E-state index in [1.807, 2.05) is 0 Å². The number of rotatable bonds is 3. The lowest BCUT2D eigenvalue weighted by molar-refractivity contribution is -0.0520. The van der Waals surface area contributed by atoms with Gasteiger partial charge >= 0.3 is 0 Å². The van der Waals surface area contributed by atoms with Gasteiger partial charge in [-0.05, 0) is 37.5 Å². The Labute approximate surface area is 85.6 Å². The Bertz CT molecular complexity index is 178. The summed E-state index contributed by atoms with van der Waals surface area (Å²) in [6.45, 7) is 2.76. The molecular formula is C11H21NO2. The normalized spacial score (nSPS) is 39.4. The molecule has 0 spiro atoms. The molecule has 3 nitrogen and oxygen atoms in total. The fourth-order valence-corrected chi connectivity index (χ4v) is 2.93. The summed E-state index contributed by atoms with van der Waals surface area (Å²) in [6, 6.07) is 0. The highest BCUT2D eigenvalue weighted by Crippen LogP contribution is 2.50. The minimum Gasteiger partial charge on any atom is -0.396 e. The molecule has 1 aliphatic heterocycles. The van der Waals surface area contributed by atoms with Gasteiger partial charge in [0.25, 0.3) is 0 Å². The van der Waals surface area contributed by atoms with Crippen molar-refractivity contribution in [3.63, 3.8) is 0 Å². The van der Waals surface area contributed by atoms with Crippen LogP contribution in [0.25, 0.3) is 0 Å². The van der Waals surface area contributed by atoms with Crippen molar-refractivity contribution < 1.29 is 9.84 Å². The Morgan fingerprint density at radius 2 is 1.86 bits per heavy atom. The quantitative estimate of drug-likeness (QED) is 0.705. The molecule has 1 saturated carbocycles. The van der Waals surface area contributed by atoms with E-state index in [0.29, 0.717) is 6.54 Å². The van der Waals surface area contributed by atoms with Crippen molar-refractivity contribution in [2.24, 2.45) is 23.0 Å². The molecule has 82 valence electrons. The minimum atomic E-state index is 0.0724. The Morgan fingerprint density at radius 3 is 2.36 bits per heavy atom. The van der Waals surface area contributed by atoms with E-state index in [1.165, 1.54) is 12.8 Å². The predicted octanol–water partition coefficient (Wildman–Crippen LogP) is 0.760. The van der Waals surface area contributed by atoms with Crippen molar-refractivity contribution in [2.45, 2.75) is 25.7 Å². The van der Waals surface area contributed by atoms with Crippen molar-refractivity contribution >= 4 is 0 Å². The first kappa shape index (κ1) is 10.4. The van der Waals surface area contributed by atoms with Crippen molar-refractivity contribution in [1.82, 2.24) is 0 Å². The highest BCUT2D eigenvalue weighted by atomic mass is 16.5. The minimum absolute atomic E-state index is 0.0724. The maximum Gasteiger partial charge on any atom is 0.0499 e. The van der Waals surface area contributed by atoms with E-state index in [4.69, 9.17) is 10.5 Å². The van der Waals surface area contributed by atoms with Crippen LogP contribution in [0.2, 0.25) is 0 Å². The van der Waals surface area contributed by atoms with Gasteiger partial charge in [0.05, 0.1) is 0 Å². The second-order valence-electron chi connectivity index (χ2n) is 4.98. The topological polar surface area (TPSA) is 55.5 Å². The summed E-state index contributed by atoms with van der Waals surface area (Å²) in [6.07, 6.45) is 4.67. The fraction of sp³-hybridized carbons (Fsp3) is 1.00. The van der Waals surface area contributed by atoms with E-state index >= 15 is 0 Å². The van der Waals surface area contributed by atoms with Crippen LogP contribution in [0, 0.1) is 17.3 Å². The van der Waals surface area contributed by atoms with Gasteiger partial charge in [-0.15, -0.1) is 0 Å². The zero-order valence-corrected chi connectivity index (χ0v) is 8.74. The molecule has 0 bridgehead atoms. The number of hydrogen-bond acceptors (Lipinski definition) is 3. The molecule has 0 aromatic rings. The summed E-state index contributed by atoms with van der Waals surface area (Å²) in [5, 5.41) is 9.25. The van der Waals surface area contributed by atoms with Crippen molar-refractivity contribution in [3.8, 4) is 0 Å². The molecular weight excluding hydrogens is 178 g/mol. The third-order valence-electron chi connectivity index (χ3n) is 4.09. The lowest BCUT2D eigenvalue weighted by Crippen LogP contribution is -2.49. The Hall–Kier alpha value is -0.120. The van der Waals surface area contributed by atoms with Gasteiger partial charge in [0, 0.05) is 31.8 Å². The van der Waals surface area contributed by atoms with E-state index in [9.17, 15) is 5.11 Å². The van der Waals surface area contributed by atoms with E-state index in [0.717, 1.165) is 37.9 Å². The second kappa shape index (κ2) is 4.17. The van der Waals surface area contributed by atoms with Gasteiger partial charge < -0.3 is 15.6 Å². The van der Waals surface area contributed by atoms with E-state index in [-0.39, 0.29) is 12.0 Å². The average Bonchev–Trinajstić information content (AvgIpc) is 2.19. The van der Waals surface area contributed by atoms with Gasteiger partial charge in [-0.3, -0.25) is 0 Å². The highest BCUT2D eigenvalue weighted by molar-refractivity contribution is 4.96. The second-order valence-corrected chi connectivity index (χ2v) is 4.98. The summed E-state index contributed by atoms with van der Waals surface area (Å²) in [4.78, 5) is 0. The zero-order valence-electron chi connectivity index (χ0n) is 8.74. The summed E-state index contributed by atoms with van der Waals surface area (Å²) in [5.74, 6) is 1.63. The lowest BCUT2D eigenvalue weighted by atomic mass is 9.57. The molecule has 0 aromatic heterocycles. The molecule has 3 N–H and O–H groups in total. The molecule has 1 aliphatic carbocycles. The largest absolute Gasteiger partial charge is 0.396 e.